The molecule has 0 saturated carbocycles. The summed E-state index contributed by atoms with van der Waals surface area (Å²) in [5, 5.41) is 2.75. The van der Waals surface area contributed by atoms with E-state index in [1.165, 1.54) is 0 Å². The third kappa shape index (κ3) is 2.95. The minimum absolute atomic E-state index is 0.106. The zero-order valence-corrected chi connectivity index (χ0v) is 10.9. The highest BCUT2D eigenvalue weighted by molar-refractivity contribution is 5.85. The van der Waals surface area contributed by atoms with E-state index in [0.29, 0.717) is 0 Å². The van der Waals surface area contributed by atoms with Gasteiger partial charge in [-0.1, -0.05) is 60.7 Å². The molecule has 1 heterocycles. The smallest absolute Gasteiger partial charge is 0.256 e. The Morgan fingerprint density at radius 3 is 2.35 bits per heavy atom. The van der Waals surface area contributed by atoms with Crippen LogP contribution in [0.2, 0.25) is 0 Å². The largest absolute Gasteiger partial charge is 0.354 e. The van der Waals surface area contributed by atoms with E-state index < -0.39 is 0 Å². The van der Waals surface area contributed by atoms with E-state index in [0.717, 1.165) is 11.1 Å². The fourth-order valence-electron chi connectivity index (χ4n) is 2.07. The lowest BCUT2D eigenvalue weighted by Crippen LogP contribution is -2.23. The molecule has 0 bridgehead atoms. The maximum Gasteiger partial charge on any atom is 0.256 e. The van der Waals surface area contributed by atoms with Crippen molar-refractivity contribution >= 4 is 12.0 Å². The van der Waals surface area contributed by atoms with Crippen molar-refractivity contribution in [2.45, 2.75) is 12.2 Å². The molecule has 3 rings (SSSR count). The fourth-order valence-corrected chi connectivity index (χ4v) is 2.07. The van der Waals surface area contributed by atoms with Crippen molar-refractivity contribution in [3.63, 3.8) is 0 Å². The van der Waals surface area contributed by atoms with Crippen molar-refractivity contribution in [3.05, 3.63) is 78.0 Å². The molecule has 100 valence electrons. The number of hydrogen-bond donors (Lipinski definition) is 1. The summed E-state index contributed by atoms with van der Waals surface area (Å²) in [5.41, 5.74) is 2.09. The van der Waals surface area contributed by atoms with E-state index in [4.69, 9.17) is 4.74 Å². The second-order valence-corrected chi connectivity index (χ2v) is 4.64. The molecule has 1 aliphatic rings. The Morgan fingerprint density at radius 1 is 1.00 bits per heavy atom. The summed E-state index contributed by atoms with van der Waals surface area (Å²) in [6.07, 6.45) is 3.03. The Kier molecular flexibility index (Phi) is 3.61. The molecule has 1 fully saturated rings. The first-order valence-electron chi connectivity index (χ1n) is 6.57. The molecule has 2 aromatic rings. The number of epoxide rings is 1. The van der Waals surface area contributed by atoms with Crippen LogP contribution < -0.4 is 5.32 Å². The lowest BCUT2D eigenvalue weighted by atomic mass is 10.1. The standard InChI is InChI=1S/C17H15NO2/c19-17(18-12-11-13-7-3-1-4-8-13)16-15(20-16)14-9-5-2-6-10-14/h1-12,15-16H,(H,18,19)/b12-11-/t15-,16+/m0/s1. The monoisotopic (exact) mass is 265 g/mol. The molecule has 2 aromatic carbocycles. The number of carbonyl (C=O) groups is 1. The van der Waals surface area contributed by atoms with Crippen LogP contribution in [-0.2, 0) is 9.53 Å². The molecule has 0 radical (unpaired) electrons. The van der Waals surface area contributed by atoms with Crippen LogP contribution in [0.5, 0.6) is 0 Å². The number of benzene rings is 2. The number of carbonyl (C=O) groups excluding carboxylic acids is 1. The van der Waals surface area contributed by atoms with Gasteiger partial charge >= 0.3 is 0 Å². The maximum absolute atomic E-state index is 11.9. The maximum atomic E-state index is 11.9. The van der Waals surface area contributed by atoms with Crippen LogP contribution in [0.1, 0.15) is 17.2 Å². The van der Waals surface area contributed by atoms with Gasteiger partial charge in [0.25, 0.3) is 5.91 Å². The van der Waals surface area contributed by atoms with Crippen LogP contribution in [0.4, 0.5) is 0 Å². The van der Waals surface area contributed by atoms with Gasteiger partial charge in [0.1, 0.15) is 6.10 Å². The minimum atomic E-state index is -0.377. The normalized spacial score (nSPS) is 20.8. The number of rotatable bonds is 4. The zero-order valence-electron chi connectivity index (χ0n) is 10.9. The Morgan fingerprint density at radius 2 is 1.65 bits per heavy atom. The van der Waals surface area contributed by atoms with Crippen molar-refractivity contribution in [1.82, 2.24) is 5.32 Å². The second-order valence-electron chi connectivity index (χ2n) is 4.64. The molecule has 0 unspecified atom stereocenters. The van der Waals surface area contributed by atoms with Gasteiger partial charge in [-0.25, -0.2) is 0 Å². The van der Waals surface area contributed by atoms with Crippen LogP contribution in [0.25, 0.3) is 6.08 Å². The quantitative estimate of drug-likeness (QED) is 0.864. The molecule has 2 atom stereocenters. The zero-order chi connectivity index (χ0) is 13.8. The van der Waals surface area contributed by atoms with Crippen LogP contribution >= 0.6 is 0 Å². The summed E-state index contributed by atoms with van der Waals surface area (Å²) in [7, 11) is 0. The minimum Gasteiger partial charge on any atom is -0.354 e. The van der Waals surface area contributed by atoms with Gasteiger partial charge in [0.05, 0.1) is 0 Å². The highest BCUT2D eigenvalue weighted by atomic mass is 16.6. The van der Waals surface area contributed by atoms with E-state index in [9.17, 15) is 4.79 Å². The number of nitrogens with one attached hydrogen (secondary N) is 1. The van der Waals surface area contributed by atoms with Gasteiger partial charge in [0.15, 0.2) is 6.10 Å². The van der Waals surface area contributed by atoms with Crippen molar-refractivity contribution < 1.29 is 9.53 Å². The molecule has 1 aliphatic heterocycles. The van der Waals surface area contributed by atoms with Gasteiger partial charge in [-0.3, -0.25) is 4.79 Å². The third-order valence-electron chi connectivity index (χ3n) is 3.18. The average molecular weight is 265 g/mol. The second kappa shape index (κ2) is 5.72. The molecule has 0 spiro atoms. The lowest BCUT2D eigenvalue weighted by molar-refractivity contribution is -0.121. The van der Waals surface area contributed by atoms with Crippen molar-refractivity contribution in [1.29, 1.82) is 0 Å². The van der Waals surface area contributed by atoms with Gasteiger partial charge in [0.2, 0.25) is 0 Å². The Bertz CT molecular complexity index is 607. The van der Waals surface area contributed by atoms with Gasteiger partial charge in [0, 0.05) is 6.20 Å². The van der Waals surface area contributed by atoms with Gasteiger partial charge in [-0.05, 0) is 17.2 Å². The van der Waals surface area contributed by atoms with Crippen LogP contribution in [-0.4, -0.2) is 12.0 Å². The van der Waals surface area contributed by atoms with Gasteiger partial charge < -0.3 is 10.1 Å². The summed E-state index contributed by atoms with van der Waals surface area (Å²) in [6.45, 7) is 0. The van der Waals surface area contributed by atoms with Crippen LogP contribution in [0.3, 0.4) is 0 Å². The Balaban J connectivity index is 1.53. The molecule has 1 N–H and O–H groups in total. The number of hydrogen-bond acceptors (Lipinski definition) is 2. The molecular formula is C17H15NO2. The predicted molar refractivity (Wildman–Crippen MR) is 77.7 cm³/mol. The first kappa shape index (κ1) is 12.6. The van der Waals surface area contributed by atoms with E-state index >= 15 is 0 Å². The van der Waals surface area contributed by atoms with E-state index in [1.807, 2.05) is 66.7 Å². The fraction of sp³-hybridized carbons (Fsp3) is 0.118. The van der Waals surface area contributed by atoms with Crippen molar-refractivity contribution in [2.24, 2.45) is 0 Å². The van der Waals surface area contributed by atoms with Crippen LogP contribution in [0.15, 0.2) is 66.9 Å². The Labute approximate surface area is 117 Å². The summed E-state index contributed by atoms with van der Waals surface area (Å²) in [4.78, 5) is 11.9. The molecule has 3 heteroatoms. The molecular weight excluding hydrogens is 250 g/mol. The topological polar surface area (TPSA) is 41.6 Å². The first-order chi connectivity index (χ1) is 9.84. The molecule has 0 aliphatic carbocycles. The molecule has 1 saturated heterocycles. The lowest BCUT2D eigenvalue weighted by Gasteiger charge is -1.97. The summed E-state index contributed by atoms with van der Waals surface area (Å²) in [6, 6.07) is 19.6. The van der Waals surface area contributed by atoms with Crippen molar-refractivity contribution in [2.75, 3.05) is 0 Å². The SMILES string of the molecule is O=C(N/C=C\c1ccccc1)[C@@H]1O[C@H]1c1ccccc1. The average Bonchev–Trinajstić information content (AvgIpc) is 3.30. The Hall–Kier alpha value is -2.39. The summed E-state index contributed by atoms with van der Waals surface area (Å²) >= 11 is 0. The summed E-state index contributed by atoms with van der Waals surface area (Å²) < 4.78 is 5.42. The predicted octanol–water partition coefficient (Wildman–Crippen LogP) is 2.91. The first-order valence-corrected chi connectivity index (χ1v) is 6.57. The third-order valence-corrected chi connectivity index (χ3v) is 3.18. The van der Waals surface area contributed by atoms with E-state index in [2.05, 4.69) is 5.32 Å². The number of ether oxygens (including phenoxy) is 1. The molecule has 0 aromatic heterocycles. The van der Waals surface area contributed by atoms with Gasteiger partial charge in [-0.2, -0.15) is 0 Å². The highest BCUT2D eigenvalue weighted by Gasteiger charge is 2.45. The van der Waals surface area contributed by atoms with E-state index in [-0.39, 0.29) is 18.1 Å². The molecule has 1 amide bonds. The van der Waals surface area contributed by atoms with E-state index in [1.54, 1.807) is 6.20 Å². The molecule has 3 nitrogen and oxygen atoms in total. The summed E-state index contributed by atoms with van der Waals surface area (Å²) in [5.74, 6) is -0.106. The van der Waals surface area contributed by atoms with Crippen molar-refractivity contribution in [3.8, 4) is 0 Å². The van der Waals surface area contributed by atoms with Gasteiger partial charge in [-0.15, -0.1) is 0 Å². The number of amides is 1. The van der Waals surface area contributed by atoms with Crippen LogP contribution in [0, 0.1) is 0 Å². The molecule has 20 heavy (non-hydrogen) atoms. The highest BCUT2D eigenvalue weighted by Crippen LogP contribution is 2.38.